The number of rotatable bonds is 0. The van der Waals surface area contributed by atoms with E-state index < -0.39 is 5.79 Å². The van der Waals surface area contributed by atoms with Crippen molar-refractivity contribution < 1.29 is 9.47 Å². The monoisotopic (exact) mass is 265 g/mol. The van der Waals surface area contributed by atoms with E-state index in [9.17, 15) is 9.59 Å². The molecule has 19 heavy (non-hydrogen) atoms. The third-order valence-electron chi connectivity index (χ3n) is 4.11. The molecule has 4 heterocycles. The summed E-state index contributed by atoms with van der Waals surface area (Å²) in [5.41, 5.74) is -0.618. The minimum Gasteiger partial charge on any atom is -0.342 e. The van der Waals surface area contributed by atoms with E-state index >= 15 is 0 Å². The molecule has 7 nitrogen and oxygen atoms in total. The van der Waals surface area contributed by atoms with Gasteiger partial charge in [0.25, 0.3) is 0 Å². The summed E-state index contributed by atoms with van der Waals surface area (Å²) in [5.74, 6) is -0.684. The van der Waals surface area contributed by atoms with E-state index in [0.717, 1.165) is 4.57 Å². The lowest BCUT2D eigenvalue weighted by Gasteiger charge is -2.40. The van der Waals surface area contributed by atoms with Crippen LogP contribution in [0.5, 0.6) is 0 Å². The van der Waals surface area contributed by atoms with Gasteiger partial charge in [0, 0.05) is 7.05 Å². The zero-order valence-electron chi connectivity index (χ0n) is 10.9. The second-order valence-corrected chi connectivity index (χ2v) is 5.74. The van der Waals surface area contributed by atoms with Gasteiger partial charge in [-0.2, -0.15) is 0 Å². The molecule has 1 fully saturated rings. The summed E-state index contributed by atoms with van der Waals surface area (Å²) in [5, 5.41) is 0. The van der Waals surface area contributed by atoms with Gasteiger partial charge in [-0.15, -0.1) is 0 Å². The van der Waals surface area contributed by atoms with Gasteiger partial charge in [-0.25, -0.2) is 23.5 Å². The van der Waals surface area contributed by atoms with Crippen molar-refractivity contribution in [1.82, 2.24) is 13.9 Å². The predicted octanol–water partition coefficient (Wildman–Crippen LogP) is -0.466. The van der Waals surface area contributed by atoms with Gasteiger partial charge < -0.3 is 9.47 Å². The fourth-order valence-corrected chi connectivity index (χ4v) is 3.35. The van der Waals surface area contributed by atoms with Gasteiger partial charge in [-0.05, 0) is 13.8 Å². The third-order valence-corrected chi connectivity index (χ3v) is 4.11. The molecular weight excluding hydrogens is 250 g/mol. The summed E-state index contributed by atoms with van der Waals surface area (Å²) in [7, 11) is 1.49. The molecule has 0 aromatic carbocycles. The maximum Gasteiger partial charge on any atom is 0.347 e. The number of hydrogen-bond acceptors (Lipinski definition) is 4. The second kappa shape index (κ2) is 3.10. The van der Waals surface area contributed by atoms with Crippen LogP contribution in [0.25, 0.3) is 0 Å². The largest absolute Gasteiger partial charge is 0.347 e. The van der Waals surface area contributed by atoms with Crippen molar-refractivity contribution >= 4 is 0 Å². The van der Waals surface area contributed by atoms with Crippen LogP contribution < -0.4 is 11.4 Å². The highest BCUT2D eigenvalue weighted by Crippen LogP contribution is 2.45. The average molecular weight is 265 g/mol. The maximum atomic E-state index is 12.1. The molecule has 0 spiro atoms. The van der Waals surface area contributed by atoms with Crippen LogP contribution in [0.3, 0.4) is 0 Å². The third kappa shape index (κ3) is 1.19. The molecule has 1 aromatic heterocycles. The van der Waals surface area contributed by atoms with Gasteiger partial charge in [0.1, 0.15) is 24.3 Å². The van der Waals surface area contributed by atoms with Crippen LogP contribution in [0.15, 0.2) is 21.7 Å². The molecule has 4 atom stereocenters. The SMILES string of the molecule is Cn1c(=O)n2n(c1=O)C1C=CC2C2OC(C)(C)OC21. The highest BCUT2D eigenvalue weighted by molar-refractivity contribution is 5.18. The first-order valence-electron chi connectivity index (χ1n) is 6.35. The molecule has 2 bridgehead atoms. The molecular formula is C12H15N3O4. The number of hydrogen-bond donors (Lipinski definition) is 0. The van der Waals surface area contributed by atoms with E-state index in [1.165, 1.54) is 16.4 Å². The summed E-state index contributed by atoms with van der Waals surface area (Å²) in [4.78, 5) is 24.3. The molecule has 1 aliphatic carbocycles. The zero-order chi connectivity index (χ0) is 13.5. The van der Waals surface area contributed by atoms with Crippen molar-refractivity contribution in [3.63, 3.8) is 0 Å². The first-order chi connectivity index (χ1) is 8.91. The lowest BCUT2D eigenvalue weighted by molar-refractivity contribution is -0.147. The van der Waals surface area contributed by atoms with E-state index in [1.807, 2.05) is 26.0 Å². The zero-order valence-corrected chi connectivity index (χ0v) is 10.9. The molecule has 0 radical (unpaired) electrons. The summed E-state index contributed by atoms with van der Waals surface area (Å²) in [6.07, 6.45) is 3.42. The van der Waals surface area contributed by atoms with Crippen molar-refractivity contribution in [2.75, 3.05) is 0 Å². The lowest BCUT2D eigenvalue weighted by atomic mass is 9.90. The van der Waals surface area contributed by atoms with Gasteiger partial charge >= 0.3 is 11.4 Å². The summed E-state index contributed by atoms with van der Waals surface area (Å²) in [6.45, 7) is 3.70. The Balaban J connectivity index is 1.96. The fraction of sp³-hybridized carbons (Fsp3) is 0.667. The number of aromatic nitrogens is 3. The van der Waals surface area contributed by atoms with E-state index in [-0.39, 0.29) is 35.7 Å². The van der Waals surface area contributed by atoms with E-state index in [0.29, 0.717) is 0 Å². The molecule has 5 rings (SSSR count). The van der Waals surface area contributed by atoms with Crippen LogP contribution in [-0.4, -0.2) is 31.9 Å². The Kier molecular flexibility index (Phi) is 1.84. The van der Waals surface area contributed by atoms with Crippen LogP contribution in [0, 0.1) is 0 Å². The van der Waals surface area contributed by atoms with Gasteiger partial charge in [0.15, 0.2) is 5.79 Å². The maximum absolute atomic E-state index is 12.1. The molecule has 0 amide bonds. The summed E-state index contributed by atoms with van der Waals surface area (Å²) >= 11 is 0. The Morgan fingerprint density at radius 2 is 1.42 bits per heavy atom. The normalized spacial score (nSPS) is 37.4. The van der Waals surface area contributed by atoms with Crippen molar-refractivity contribution in [2.45, 2.75) is 43.9 Å². The van der Waals surface area contributed by atoms with Crippen LogP contribution in [0.2, 0.25) is 0 Å². The molecule has 3 aliphatic heterocycles. The molecule has 1 saturated heterocycles. The fourth-order valence-electron chi connectivity index (χ4n) is 3.35. The second-order valence-electron chi connectivity index (χ2n) is 5.74. The molecule has 4 unspecified atom stereocenters. The molecule has 7 heteroatoms. The smallest absolute Gasteiger partial charge is 0.342 e. The molecule has 4 aliphatic rings. The Labute approximate surface area is 108 Å². The minimum absolute atomic E-state index is 0.218. The molecule has 0 saturated carbocycles. The highest BCUT2D eigenvalue weighted by atomic mass is 16.8. The summed E-state index contributed by atoms with van der Waals surface area (Å²) < 4.78 is 15.9. The Morgan fingerprint density at radius 1 is 1.00 bits per heavy atom. The molecule has 102 valence electrons. The van der Waals surface area contributed by atoms with Gasteiger partial charge in [0.2, 0.25) is 0 Å². The Hall–Kier alpha value is -1.60. The number of nitrogens with zero attached hydrogens (tertiary/aromatic N) is 3. The van der Waals surface area contributed by atoms with Crippen LogP contribution >= 0.6 is 0 Å². The van der Waals surface area contributed by atoms with E-state index in [2.05, 4.69) is 0 Å². The van der Waals surface area contributed by atoms with Crippen LogP contribution in [-0.2, 0) is 16.5 Å². The average Bonchev–Trinajstić information content (AvgIpc) is 2.81. The lowest BCUT2D eigenvalue weighted by Crippen LogP contribution is -2.53. The van der Waals surface area contributed by atoms with Crippen molar-refractivity contribution in [3.05, 3.63) is 33.1 Å². The first kappa shape index (κ1) is 11.2. The topological polar surface area (TPSA) is 67.4 Å². The summed E-state index contributed by atoms with van der Waals surface area (Å²) in [6, 6.07) is -0.559. The minimum atomic E-state index is -0.684. The van der Waals surface area contributed by atoms with Crippen LogP contribution in [0.1, 0.15) is 25.9 Å². The predicted molar refractivity (Wildman–Crippen MR) is 65.0 cm³/mol. The van der Waals surface area contributed by atoms with Gasteiger partial charge in [-0.3, -0.25) is 0 Å². The standard InChI is InChI=1S/C12H15N3O4/c1-12(2)18-8-6-4-5-7(9(8)19-12)15-11(17)13(3)10(16)14(6)15/h4-9H,1-3H3. The van der Waals surface area contributed by atoms with Crippen molar-refractivity contribution in [1.29, 1.82) is 0 Å². The molecule has 1 aromatic rings. The molecule has 0 N–H and O–H groups in total. The van der Waals surface area contributed by atoms with E-state index in [4.69, 9.17) is 9.47 Å². The first-order valence-corrected chi connectivity index (χ1v) is 6.35. The highest BCUT2D eigenvalue weighted by Gasteiger charge is 2.55. The Bertz CT molecular complexity index is 652. The Morgan fingerprint density at radius 3 is 1.84 bits per heavy atom. The quantitative estimate of drug-likeness (QED) is 0.595. The van der Waals surface area contributed by atoms with Gasteiger partial charge in [-0.1, -0.05) is 12.2 Å². The van der Waals surface area contributed by atoms with Gasteiger partial charge in [0.05, 0.1) is 0 Å². The van der Waals surface area contributed by atoms with Crippen molar-refractivity contribution in [2.24, 2.45) is 7.05 Å². The van der Waals surface area contributed by atoms with Crippen molar-refractivity contribution in [3.8, 4) is 0 Å². The number of ether oxygens (including phenoxy) is 2. The van der Waals surface area contributed by atoms with E-state index in [1.54, 1.807) is 0 Å². The van der Waals surface area contributed by atoms with Crippen LogP contribution in [0.4, 0.5) is 0 Å².